The van der Waals surface area contributed by atoms with E-state index < -0.39 is 0 Å². The minimum absolute atomic E-state index is 0.0294. The molecule has 0 amide bonds. The number of pyridine rings is 1. The van der Waals surface area contributed by atoms with Crippen LogP contribution in [0.2, 0.25) is 0 Å². The van der Waals surface area contributed by atoms with Gasteiger partial charge < -0.3 is 15.5 Å². The highest BCUT2D eigenvalue weighted by molar-refractivity contribution is 5.83. The van der Waals surface area contributed by atoms with Gasteiger partial charge in [-0.3, -0.25) is 4.79 Å². The molecule has 0 radical (unpaired) electrons. The summed E-state index contributed by atoms with van der Waals surface area (Å²) < 4.78 is 6.42. The first-order valence-electron chi connectivity index (χ1n) is 10.6. The van der Waals surface area contributed by atoms with E-state index >= 15 is 0 Å². The van der Waals surface area contributed by atoms with Gasteiger partial charge in [0.25, 0.3) is 5.56 Å². The van der Waals surface area contributed by atoms with E-state index in [1.54, 1.807) is 6.20 Å². The van der Waals surface area contributed by atoms with Crippen LogP contribution in [0.4, 0.5) is 0 Å². The summed E-state index contributed by atoms with van der Waals surface area (Å²) >= 11 is 0. The summed E-state index contributed by atoms with van der Waals surface area (Å²) in [4.78, 5) is 14.8. The van der Waals surface area contributed by atoms with Gasteiger partial charge in [0.15, 0.2) is 0 Å². The molecule has 29 heavy (non-hydrogen) atoms. The van der Waals surface area contributed by atoms with E-state index in [1.807, 2.05) is 25.1 Å². The van der Waals surface area contributed by atoms with Gasteiger partial charge in [-0.1, -0.05) is 37.3 Å². The molecule has 0 spiro atoms. The average molecular weight is 391 g/mol. The number of hydrogen-bond donors (Lipinski definition) is 2. The Morgan fingerprint density at radius 2 is 1.90 bits per heavy atom. The van der Waals surface area contributed by atoms with Crippen molar-refractivity contribution in [3.8, 4) is 5.75 Å². The highest BCUT2D eigenvalue weighted by Gasteiger charge is 2.41. The molecular formula is C25H30N2O2. The zero-order valence-electron chi connectivity index (χ0n) is 17.3. The first-order chi connectivity index (χ1) is 14.0. The third-order valence-corrected chi connectivity index (χ3v) is 6.69. The van der Waals surface area contributed by atoms with E-state index in [-0.39, 0.29) is 23.1 Å². The van der Waals surface area contributed by atoms with Gasteiger partial charge in [0.05, 0.1) is 6.10 Å². The fraction of sp³-hybridized carbons (Fsp3) is 0.400. The van der Waals surface area contributed by atoms with Crippen molar-refractivity contribution in [3.05, 3.63) is 76.2 Å². The largest absolute Gasteiger partial charge is 0.490 e. The Kier molecular flexibility index (Phi) is 5.46. The van der Waals surface area contributed by atoms with Crippen molar-refractivity contribution in [2.24, 2.45) is 5.73 Å². The van der Waals surface area contributed by atoms with Gasteiger partial charge >= 0.3 is 0 Å². The summed E-state index contributed by atoms with van der Waals surface area (Å²) in [7, 11) is 0. The van der Waals surface area contributed by atoms with Crippen LogP contribution in [0.15, 0.2) is 59.5 Å². The number of nitrogens with two attached hydrogens (primary N) is 1. The molecule has 4 rings (SSSR count). The zero-order valence-corrected chi connectivity index (χ0v) is 17.3. The molecule has 1 atom stereocenters. The second kappa shape index (κ2) is 8.03. The second-order valence-corrected chi connectivity index (χ2v) is 8.37. The van der Waals surface area contributed by atoms with Crippen molar-refractivity contribution < 1.29 is 4.74 Å². The van der Waals surface area contributed by atoms with Crippen LogP contribution in [0.5, 0.6) is 5.75 Å². The smallest absolute Gasteiger partial charge is 0.255 e. The molecule has 1 heterocycles. The number of aromatic nitrogens is 1. The lowest BCUT2D eigenvalue weighted by Crippen LogP contribution is -2.48. The molecule has 152 valence electrons. The summed E-state index contributed by atoms with van der Waals surface area (Å²) in [6.07, 6.45) is 6.86. The number of benzene rings is 2. The van der Waals surface area contributed by atoms with Crippen LogP contribution in [0, 0.1) is 6.92 Å². The van der Waals surface area contributed by atoms with Crippen molar-refractivity contribution in [2.45, 2.75) is 63.5 Å². The lowest BCUT2D eigenvalue weighted by molar-refractivity contribution is 0.103. The van der Waals surface area contributed by atoms with Crippen LogP contribution in [0.25, 0.3) is 10.8 Å². The summed E-state index contributed by atoms with van der Waals surface area (Å²) in [5.74, 6) is 0.875. The van der Waals surface area contributed by atoms with Gasteiger partial charge in [0.2, 0.25) is 0 Å². The topological polar surface area (TPSA) is 68.1 Å². The number of H-pyrrole nitrogens is 1. The van der Waals surface area contributed by atoms with Gasteiger partial charge in [-0.05, 0) is 73.7 Å². The Balaban J connectivity index is 1.54. The molecule has 1 fully saturated rings. The Morgan fingerprint density at radius 3 is 2.59 bits per heavy atom. The zero-order chi connectivity index (χ0) is 20.4. The van der Waals surface area contributed by atoms with E-state index in [2.05, 4.69) is 42.2 Å². The minimum Gasteiger partial charge on any atom is -0.490 e. The highest BCUT2D eigenvalue weighted by atomic mass is 16.5. The third-order valence-electron chi connectivity index (χ3n) is 6.69. The molecule has 1 saturated carbocycles. The molecule has 1 aliphatic rings. The number of nitrogens with one attached hydrogen (secondary N) is 1. The van der Waals surface area contributed by atoms with Crippen molar-refractivity contribution in [1.82, 2.24) is 4.98 Å². The number of rotatable bonds is 5. The first-order valence-corrected chi connectivity index (χ1v) is 10.6. The molecule has 1 aliphatic carbocycles. The number of aromatic amines is 1. The number of hydrogen-bond acceptors (Lipinski definition) is 3. The van der Waals surface area contributed by atoms with Crippen LogP contribution in [0.1, 0.15) is 50.2 Å². The standard InChI is InChI=1S/C25H30N2O2/c1-3-23(26)25(19-7-5-4-6-8-19)12-9-20(10-13-25)29-22-16-18-11-14-27-24(28)21(18)15-17(22)2/h4-8,11,14-16,20,23H,3,9-10,12-13,26H2,1-2H3,(H,27,28)/t20-,23-,25-/m1/s1. The summed E-state index contributed by atoms with van der Waals surface area (Å²) in [5.41, 5.74) is 8.96. The quantitative estimate of drug-likeness (QED) is 0.655. The van der Waals surface area contributed by atoms with Crippen LogP contribution in [0.3, 0.4) is 0 Å². The summed E-state index contributed by atoms with van der Waals surface area (Å²) in [6, 6.07) is 16.7. The van der Waals surface area contributed by atoms with Gasteiger partial charge in [-0.25, -0.2) is 0 Å². The van der Waals surface area contributed by atoms with Crippen molar-refractivity contribution in [2.75, 3.05) is 0 Å². The number of ether oxygens (including phenoxy) is 1. The number of aryl methyl sites for hydroxylation is 1. The average Bonchev–Trinajstić information content (AvgIpc) is 2.76. The van der Waals surface area contributed by atoms with Crippen molar-refractivity contribution in [1.29, 1.82) is 0 Å². The molecule has 1 aromatic heterocycles. The summed E-state index contributed by atoms with van der Waals surface area (Å²) in [6.45, 7) is 4.18. The van der Waals surface area contributed by atoms with E-state index in [1.165, 1.54) is 5.56 Å². The van der Waals surface area contributed by atoms with Crippen molar-refractivity contribution in [3.63, 3.8) is 0 Å². The molecule has 0 bridgehead atoms. The first kappa shape index (κ1) is 19.7. The lowest BCUT2D eigenvalue weighted by atomic mass is 9.64. The van der Waals surface area contributed by atoms with Crippen LogP contribution in [-0.2, 0) is 5.41 Å². The number of fused-ring (bicyclic) bond motifs is 1. The normalized spacial score (nSPS) is 23.1. The van der Waals surface area contributed by atoms with Gasteiger partial charge in [0.1, 0.15) is 5.75 Å². The Morgan fingerprint density at radius 1 is 1.17 bits per heavy atom. The highest BCUT2D eigenvalue weighted by Crippen LogP contribution is 2.43. The molecule has 4 heteroatoms. The molecule has 2 aromatic carbocycles. The van der Waals surface area contributed by atoms with Crippen LogP contribution >= 0.6 is 0 Å². The maximum atomic E-state index is 12.0. The van der Waals surface area contributed by atoms with Gasteiger partial charge in [-0.15, -0.1) is 0 Å². The maximum absolute atomic E-state index is 12.0. The molecule has 3 aromatic rings. The molecular weight excluding hydrogens is 360 g/mol. The molecule has 0 unspecified atom stereocenters. The Bertz CT molecular complexity index is 1030. The fourth-order valence-corrected chi connectivity index (χ4v) is 4.89. The molecule has 0 aliphatic heterocycles. The van der Waals surface area contributed by atoms with Crippen LogP contribution in [-0.4, -0.2) is 17.1 Å². The van der Waals surface area contributed by atoms with Crippen molar-refractivity contribution >= 4 is 10.8 Å². The molecule has 3 N–H and O–H groups in total. The third kappa shape index (κ3) is 3.69. The minimum atomic E-state index is -0.0592. The van der Waals surface area contributed by atoms with Gasteiger partial charge in [-0.2, -0.15) is 0 Å². The predicted molar refractivity (Wildman–Crippen MR) is 119 cm³/mol. The van der Waals surface area contributed by atoms with E-state index in [4.69, 9.17) is 10.5 Å². The second-order valence-electron chi connectivity index (χ2n) is 8.37. The molecule has 0 saturated heterocycles. The lowest BCUT2D eigenvalue weighted by Gasteiger charge is -2.44. The van der Waals surface area contributed by atoms with E-state index in [0.29, 0.717) is 5.39 Å². The Hall–Kier alpha value is -2.59. The molecule has 4 nitrogen and oxygen atoms in total. The van der Waals surface area contributed by atoms with E-state index in [0.717, 1.165) is 48.8 Å². The monoisotopic (exact) mass is 390 g/mol. The predicted octanol–water partition coefficient (Wildman–Crippen LogP) is 4.83. The maximum Gasteiger partial charge on any atom is 0.255 e. The fourth-order valence-electron chi connectivity index (χ4n) is 4.89. The SMILES string of the molecule is CC[C@@H](N)[C@]1(c2ccccc2)CC[C@@H](Oc2cc3cc[nH]c(=O)c3cc2C)CC1. The van der Waals surface area contributed by atoms with E-state index in [9.17, 15) is 4.79 Å². The van der Waals surface area contributed by atoms with Gasteiger partial charge in [0, 0.05) is 23.0 Å². The summed E-state index contributed by atoms with van der Waals surface area (Å²) in [5, 5.41) is 1.62. The van der Waals surface area contributed by atoms with Crippen LogP contribution < -0.4 is 16.0 Å². The Labute approximate surface area is 172 Å².